The third-order valence-electron chi connectivity index (χ3n) is 3.89. The largest absolute Gasteiger partial charge is 0.416 e. The number of aryl methyl sites for hydroxylation is 1. The lowest BCUT2D eigenvalue weighted by Gasteiger charge is -2.06. The first-order valence-electron chi connectivity index (χ1n) is 8.38. The van der Waals surface area contributed by atoms with E-state index in [1.807, 2.05) is 43.5 Å². The zero-order valence-corrected chi connectivity index (χ0v) is 15.7. The first kappa shape index (κ1) is 19.1. The molecule has 0 spiro atoms. The molecule has 140 valence electrons. The van der Waals surface area contributed by atoms with Crippen LogP contribution in [0.2, 0.25) is 0 Å². The van der Waals surface area contributed by atoms with Crippen LogP contribution in [0.3, 0.4) is 0 Å². The number of aromatic nitrogens is 1. The molecule has 7 heteroatoms. The molecule has 0 saturated heterocycles. The molecular weight excluding hydrogens is 371 g/mol. The van der Waals surface area contributed by atoms with Crippen LogP contribution >= 0.6 is 11.3 Å². The predicted molar refractivity (Wildman–Crippen MR) is 103 cm³/mol. The van der Waals surface area contributed by atoms with Crippen LogP contribution in [0.4, 0.5) is 13.2 Å². The van der Waals surface area contributed by atoms with Gasteiger partial charge in [-0.1, -0.05) is 42.0 Å². The second-order valence-corrected chi connectivity index (χ2v) is 6.76. The minimum atomic E-state index is -4.34. The van der Waals surface area contributed by atoms with Crippen molar-refractivity contribution in [2.75, 3.05) is 6.54 Å². The van der Waals surface area contributed by atoms with Crippen LogP contribution in [0.1, 0.15) is 23.6 Å². The molecule has 0 unspecified atom stereocenters. The van der Waals surface area contributed by atoms with Gasteiger partial charge in [0.1, 0.15) is 0 Å². The van der Waals surface area contributed by atoms with Crippen LogP contribution in [0, 0.1) is 6.92 Å². The number of benzene rings is 2. The molecule has 0 atom stereocenters. The van der Waals surface area contributed by atoms with E-state index < -0.39 is 11.7 Å². The Kier molecular flexibility index (Phi) is 5.60. The summed E-state index contributed by atoms with van der Waals surface area (Å²) in [5.74, 6) is 0. The van der Waals surface area contributed by atoms with E-state index in [1.165, 1.54) is 23.5 Å². The van der Waals surface area contributed by atoms with Gasteiger partial charge in [-0.15, -0.1) is 11.3 Å². The number of thiazole rings is 1. The lowest BCUT2D eigenvalue weighted by atomic mass is 10.1. The molecule has 0 fully saturated rings. The van der Waals surface area contributed by atoms with Gasteiger partial charge < -0.3 is 0 Å². The van der Waals surface area contributed by atoms with Crippen molar-refractivity contribution in [3.63, 3.8) is 0 Å². The van der Waals surface area contributed by atoms with Crippen molar-refractivity contribution in [2.45, 2.75) is 20.0 Å². The highest BCUT2D eigenvalue weighted by atomic mass is 32.1. The molecule has 3 rings (SSSR count). The maximum absolute atomic E-state index is 12.7. The van der Waals surface area contributed by atoms with Crippen molar-refractivity contribution >= 4 is 17.6 Å². The van der Waals surface area contributed by atoms with Gasteiger partial charge in [-0.25, -0.2) is 4.68 Å². The van der Waals surface area contributed by atoms with E-state index in [-0.39, 0.29) is 0 Å². The Balaban J connectivity index is 1.98. The van der Waals surface area contributed by atoms with Crippen molar-refractivity contribution in [2.24, 2.45) is 10.1 Å². The third-order valence-corrected chi connectivity index (χ3v) is 4.74. The average Bonchev–Trinajstić information content (AvgIpc) is 3.03. The quantitative estimate of drug-likeness (QED) is 0.539. The number of alkyl halides is 3. The van der Waals surface area contributed by atoms with E-state index in [0.717, 1.165) is 33.8 Å². The SMILES string of the molecule is CCN=c1scc(-c2ccc(C)cc2)n1N=Cc1ccc(C(F)(F)F)cc1. The zero-order chi connectivity index (χ0) is 19.4. The smallest absolute Gasteiger partial charge is 0.258 e. The summed E-state index contributed by atoms with van der Waals surface area (Å²) in [6, 6.07) is 13.0. The molecule has 1 heterocycles. The summed E-state index contributed by atoms with van der Waals surface area (Å²) >= 11 is 1.47. The lowest BCUT2D eigenvalue weighted by molar-refractivity contribution is -0.137. The average molecular weight is 389 g/mol. The first-order chi connectivity index (χ1) is 12.9. The molecule has 1 aromatic heterocycles. The summed E-state index contributed by atoms with van der Waals surface area (Å²) in [5, 5.41) is 6.45. The maximum Gasteiger partial charge on any atom is 0.416 e. The summed E-state index contributed by atoms with van der Waals surface area (Å²) in [4.78, 5) is 5.18. The van der Waals surface area contributed by atoms with E-state index in [2.05, 4.69) is 10.1 Å². The third kappa shape index (κ3) is 4.54. The fourth-order valence-corrected chi connectivity index (χ4v) is 3.36. The standard InChI is InChI=1S/C20H18F3N3S/c1-3-24-19-26(18(13-27-19)16-8-4-14(2)5-9-16)25-12-15-6-10-17(11-7-15)20(21,22)23/h4-13H,3H2,1-2H3. The Bertz CT molecular complexity index is 995. The van der Waals surface area contributed by atoms with Gasteiger partial charge in [-0.05, 0) is 31.5 Å². The van der Waals surface area contributed by atoms with Crippen LogP contribution < -0.4 is 4.80 Å². The van der Waals surface area contributed by atoms with Gasteiger partial charge in [0.25, 0.3) is 0 Å². The fourth-order valence-electron chi connectivity index (χ4n) is 2.46. The summed E-state index contributed by atoms with van der Waals surface area (Å²) in [6.07, 6.45) is -2.80. The second kappa shape index (κ2) is 7.92. The molecular formula is C20H18F3N3S. The van der Waals surface area contributed by atoms with Crippen molar-refractivity contribution in [1.82, 2.24) is 4.68 Å². The van der Waals surface area contributed by atoms with Gasteiger partial charge in [0, 0.05) is 17.5 Å². The van der Waals surface area contributed by atoms with Gasteiger partial charge >= 0.3 is 6.18 Å². The van der Waals surface area contributed by atoms with E-state index in [0.29, 0.717) is 12.1 Å². The zero-order valence-electron chi connectivity index (χ0n) is 14.9. The fraction of sp³-hybridized carbons (Fsp3) is 0.200. The van der Waals surface area contributed by atoms with Crippen molar-refractivity contribution in [3.8, 4) is 11.3 Å². The lowest BCUT2D eigenvalue weighted by Crippen LogP contribution is -2.12. The number of rotatable bonds is 4. The van der Waals surface area contributed by atoms with Crippen molar-refractivity contribution in [1.29, 1.82) is 0 Å². The molecule has 0 amide bonds. The molecule has 3 nitrogen and oxygen atoms in total. The summed E-state index contributed by atoms with van der Waals surface area (Å²) in [5.41, 5.74) is 2.95. The van der Waals surface area contributed by atoms with Crippen LogP contribution in [-0.4, -0.2) is 17.4 Å². The number of nitrogens with zero attached hydrogens (tertiary/aromatic N) is 3. The summed E-state index contributed by atoms with van der Waals surface area (Å²) in [7, 11) is 0. The van der Waals surface area contributed by atoms with Gasteiger partial charge in [-0.2, -0.15) is 18.3 Å². The highest BCUT2D eigenvalue weighted by Gasteiger charge is 2.29. The van der Waals surface area contributed by atoms with Crippen LogP contribution in [-0.2, 0) is 6.18 Å². The maximum atomic E-state index is 12.7. The normalized spacial score (nSPS) is 12.9. The number of halogens is 3. The molecule has 0 bridgehead atoms. The molecule has 0 radical (unpaired) electrons. The molecule has 2 aromatic carbocycles. The minimum absolute atomic E-state index is 0.582. The van der Waals surface area contributed by atoms with Crippen LogP contribution in [0.15, 0.2) is 64.0 Å². The van der Waals surface area contributed by atoms with Crippen LogP contribution in [0.5, 0.6) is 0 Å². The van der Waals surface area contributed by atoms with Crippen molar-refractivity contribution < 1.29 is 13.2 Å². The van der Waals surface area contributed by atoms with Gasteiger partial charge in [0.2, 0.25) is 4.80 Å². The highest BCUT2D eigenvalue weighted by molar-refractivity contribution is 7.07. The van der Waals surface area contributed by atoms with Gasteiger partial charge in [0.05, 0.1) is 17.5 Å². The molecule has 0 aliphatic rings. The number of hydrogen-bond acceptors (Lipinski definition) is 3. The Morgan fingerprint density at radius 1 is 1.04 bits per heavy atom. The molecule has 0 saturated carbocycles. The Hall–Kier alpha value is -2.67. The van der Waals surface area contributed by atoms with Gasteiger partial charge in [0.15, 0.2) is 0 Å². The molecule has 0 N–H and O–H groups in total. The molecule has 0 aliphatic heterocycles. The monoisotopic (exact) mass is 389 g/mol. The van der Waals surface area contributed by atoms with E-state index >= 15 is 0 Å². The highest BCUT2D eigenvalue weighted by Crippen LogP contribution is 2.29. The summed E-state index contributed by atoms with van der Waals surface area (Å²) < 4.78 is 39.8. The van der Waals surface area contributed by atoms with Gasteiger partial charge in [-0.3, -0.25) is 4.99 Å². The Morgan fingerprint density at radius 3 is 2.30 bits per heavy atom. The molecule has 3 aromatic rings. The Labute approximate surface area is 159 Å². The molecule has 0 aliphatic carbocycles. The Morgan fingerprint density at radius 2 is 1.70 bits per heavy atom. The van der Waals surface area contributed by atoms with E-state index in [1.54, 1.807) is 10.9 Å². The molecule has 27 heavy (non-hydrogen) atoms. The second-order valence-electron chi connectivity index (χ2n) is 5.92. The van der Waals surface area contributed by atoms with Crippen LogP contribution in [0.25, 0.3) is 11.3 Å². The topological polar surface area (TPSA) is 29.6 Å². The predicted octanol–water partition coefficient (Wildman–Crippen LogP) is 5.35. The first-order valence-corrected chi connectivity index (χ1v) is 9.26. The van der Waals surface area contributed by atoms with Crippen molar-refractivity contribution in [3.05, 3.63) is 75.4 Å². The summed E-state index contributed by atoms with van der Waals surface area (Å²) in [6.45, 7) is 4.57. The van der Waals surface area contributed by atoms with E-state index in [9.17, 15) is 13.2 Å². The number of hydrogen-bond donors (Lipinski definition) is 0. The van der Waals surface area contributed by atoms with E-state index in [4.69, 9.17) is 0 Å². The minimum Gasteiger partial charge on any atom is -0.258 e.